The second-order valence-electron chi connectivity index (χ2n) is 9.34. The molecule has 3 fully saturated rings. The first-order chi connectivity index (χ1) is 14.0. The molecule has 1 aromatic carbocycles. The van der Waals surface area contributed by atoms with Crippen LogP contribution in [0.3, 0.4) is 0 Å². The van der Waals surface area contributed by atoms with Crippen molar-refractivity contribution >= 4 is 6.09 Å². The normalized spacial score (nSPS) is 32.2. The van der Waals surface area contributed by atoms with Crippen LogP contribution in [0.2, 0.25) is 0 Å². The van der Waals surface area contributed by atoms with Crippen LogP contribution in [-0.4, -0.2) is 52.7 Å². The summed E-state index contributed by atoms with van der Waals surface area (Å²) in [7, 11) is 0. The summed E-state index contributed by atoms with van der Waals surface area (Å²) in [6.07, 6.45) is 7.41. The van der Waals surface area contributed by atoms with E-state index in [0.717, 1.165) is 64.5 Å². The number of benzene rings is 1. The molecule has 0 bridgehead atoms. The second-order valence-corrected chi connectivity index (χ2v) is 9.34. The lowest BCUT2D eigenvalue weighted by Gasteiger charge is -2.48. The SMILES string of the molecule is CCC1N(C(=O)O)CCC12CCN(C1CCC(C#N)(c3ccccc3)CC1)CC2. The van der Waals surface area contributed by atoms with E-state index in [4.69, 9.17) is 0 Å². The quantitative estimate of drug-likeness (QED) is 0.810. The fourth-order valence-electron chi connectivity index (χ4n) is 6.48. The van der Waals surface area contributed by atoms with Gasteiger partial charge in [-0.05, 0) is 75.4 Å². The number of carboxylic acid groups (broad SMARTS) is 1. The maximum Gasteiger partial charge on any atom is 0.407 e. The van der Waals surface area contributed by atoms with Gasteiger partial charge in [0.2, 0.25) is 0 Å². The molecule has 2 saturated heterocycles. The predicted octanol–water partition coefficient (Wildman–Crippen LogP) is 4.64. The lowest BCUT2D eigenvalue weighted by atomic mass is 9.68. The minimum Gasteiger partial charge on any atom is -0.465 e. The summed E-state index contributed by atoms with van der Waals surface area (Å²) in [5, 5.41) is 19.5. The van der Waals surface area contributed by atoms with Gasteiger partial charge >= 0.3 is 6.09 Å². The molecule has 1 aliphatic carbocycles. The van der Waals surface area contributed by atoms with Crippen LogP contribution in [0.4, 0.5) is 4.79 Å². The van der Waals surface area contributed by atoms with Crippen molar-refractivity contribution in [1.82, 2.24) is 9.80 Å². The van der Waals surface area contributed by atoms with Gasteiger partial charge in [0.25, 0.3) is 0 Å². The fourth-order valence-corrected chi connectivity index (χ4v) is 6.48. The summed E-state index contributed by atoms with van der Waals surface area (Å²) >= 11 is 0. The van der Waals surface area contributed by atoms with Crippen LogP contribution in [-0.2, 0) is 5.41 Å². The van der Waals surface area contributed by atoms with Gasteiger partial charge in [-0.25, -0.2) is 4.79 Å². The summed E-state index contributed by atoms with van der Waals surface area (Å²) in [5.41, 5.74) is 1.03. The first-order valence-corrected chi connectivity index (χ1v) is 11.2. The van der Waals surface area contributed by atoms with Crippen LogP contribution < -0.4 is 0 Å². The monoisotopic (exact) mass is 395 g/mol. The van der Waals surface area contributed by atoms with Crippen molar-refractivity contribution in [2.24, 2.45) is 5.41 Å². The maximum absolute atomic E-state index is 11.6. The van der Waals surface area contributed by atoms with Gasteiger partial charge in [0, 0.05) is 18.6 Å². The minimum absolute atomic E-state index is 0.179. The van der Waals surface area contributed by atoms with Crippen molar-refractivity contribution in [2.75, 3.05) is 19.6 Å². The third-order valence-electron chi connectivity index (χ3n) is 8.23. The molecular formula is C24H33N3O2. The Labute approximate surface area is 174 Å². The zero-order chi connectivity index (χ0) is 20.5. The Balaban J connectivity index is 1.37. The number of likely N-dealkylation sites (tertiary alicyclic amines) is 2. The van der Waals surface area contributed by atoms with E-state index in [2.05, 4.69) is 30.0 Å². The second kappa shape index (κ2) is 7.99. The van der Waals surface area contributed by atoms with Crippen LogP contribution in [0.25, 0.3) is 0 Å². The first-order valence-electron chi connectivity index (χ1n) is 11.2. The molecular weight excluding hydrogens is 362 g/mol. The molecule has 29 heavy (non-hydrogen) atoms. The summed E-state index contributed by atoms with van der Waals surface area (Å²) in [6, 6.07) is 13.7. The van der Waals surface area contributed by atoms with Crippen molar-refractivity contribution in [3.63, 3.8) is 0 Å². The third-order valence-corrected chi connectivity index (χ3v) is 8.23. The highest BCUT2D eigenvalue weighted by atomic mass is 16.4. The van der Waals surface area contributed by atoms with Crippen LogP contribution in [0.5, 0.6) is 0 Å². The summed E-state index contributed by atoms with van der Waals surface area (Å²) < 4.78 is 0. The van der Waals surface area contributed by atoms with Gasteiger partial charge < -0.3 is 14.9 Å². The molecule has 1 amide bonds. The average molecular weight is 396 g/mol. The van der Waals surface area contributed by atoms with E-state index >= 15 is 0 Å². The number of rotatable bonds is 3. The Morgan fingerprint density at radius 3 is 2.28 bits per heavy atom. The number of nitriles is 1. The fraction of sp³-hybridized carbons (Fsp3) is 0.667. The highest BCUT2D eigenvalue weighted by Gasteiger charge is 2.50. The molecule has 1 N–H and O–H groups in total. The lowest BCUT2D eigenvalue weighted by molar-refractivity contribution is 0.0289. The molecule has 5 nitrogen and oxygen atoms in total. The number of hydrogen-bond acceptors (Lipinski definition) is 3. The van der Waals surface area contributed by atoms with Gasteiger partial charge in [-0.1, -0.05) is 37.3 Å². The summed E-state index contributed by atoms with van der Waals surface area (Å²) in [6.45, 7) is 4.96. The van der Waals surface area contributed by atoms with E-state index in [0.29, 0.717) is 12.6 Å². The molecule has 1 unspecified atom stereocenters. The Morgan fingerprint density at radius 1 is 1.10 bits per heavy atom. The highest BCUT2D eigenvalue weighted by molar-refractivity contribution is 5.66. The predicted molar refractivity (Wildman–Crippen MR) is 113 cm³/mol. The minimum atomic E-state index is -0.753. The Kier molecular flexibility index (Phi) is 5.57. The van der Waals surface area contributed by atoms with E-state index in [1.165, 1.54) is 5.56 Å². The Bertz CT molecular complexity index is 756. The van der Waals surface area contributed by atoms with E-state index in [1.54, 1.807) is 4.90 Å². The smallest absolute Gasteiger partial charge is 0.407 e. The first kappa shape index (κ1) is 20.2. The highest BCUT2D eigenvalue weighted by Crippen LogP contribution is 2.48. The summed E-state index contributed by atoms with van der Waals surface area (Å²) in [4.78, 5) is 15.9. The Hall–Kier alpha value is -2.06. The third kappa shape index (κ3) is 3.53. The average Bonchev–Trinajstić information content (AvgIpc) is 3.13. The molecule has 0 aromatic heterocycles. The van der Waals surface area contributed by atoms with Crippen LogP contribution in [0.15, 0.2) is 30.3 Å². The zero-order valence-corrected chi connectivity index (χ0v) is 17.5. The van der Waals surface area contributed by atoms with Gasteiger partial charge in [-0.15, -0.1) is 0 Å². The van der Waals surface area contributed by atoms with Gasteiger partial charge in [0.15, 0.2) is 0 Å². The van der Waals surface area contributed by atoms with Crippen molar-refractivity contribution < 1.29 is 9.90 Å². The molecule has 1 saturated carbocycles. The van der Waals surface area contributed by atoms with Crippen LogP contribution in [0.1, 0.15) is 63.9 Å². The molecule has 5 heteroatoms. The number of nitrogens with zero attached hydrogens (tertiary/aromatic N) is 3. The molecule has 1 atom stereocenters. The molecule has 3 aliphatic rings. The van der Waals surface area contributed by atoms with Gasteiger partial charge in [0.1, 0.15) is 0 Å². The standard InChI is InChI=1S/C24H33N3O2/c1-2-21-23(14-17-27(21)22(28)29)12-15-26(16-13-23)20-8-10-24(18-25,11-9-20)19-6-4-3-5-7-19/h3-7,20-21H,2,8-17H2,1H3,(H,28,29). The molecule has 2 heterocycles. The van der Waals surface area contributed by atoms with Crippen molar-refractivity contribution in [3.05, 3.63) is 35.9 Å². The largest absolute Gasteiger partial charge is 0.465 e. The van der Waals surface area contributed by atoms with E-state index in [9.17, 15) is 15.2 Å². The molecule has 156 valence electrons. The molecule has 1 spiro atoms. The number of carbonyl (C=O) groups is 1. The van der Waals surface area contributed by atoms with Gasteiger partial charge in [-0.3, -0.25) is 0 Å². The van der Waals surface area contributed by atoms with Crippen LogP contribution in [0, 0.1) is 16.7 Å². The van der Waals surface area contributed by atoms with Crippen molar-refractivity contribution in [3.8, 4) is 6.07 Å². The molecule has 1 aromatic rings. The Morgan fingerprint density at radius 2 is 1.72 bits per heavy atom. The summed E-state index contributed by atoms with van der Waals surface area (Å²) in [5.74, 6) is 0. The zero-order valence-electron chi connectivity index (χ0n) is 17.5. The van der Waals surface area contributed by atoms with Gasteiger partial charge in [-0.2, -0.15) is 5.26 Å². The van der Waals surface area contributed by atoms with Crippen molar-refractivity contribution in [2.45, 2.75) is 75.8 Å². The van der Waals surface area contributed by atoms with Gasteiger partial charge in [0.05, 0.1) is 11.5 Å². The van der Waals surface area contributed by atoms with E-state index < -0.39 is 6.09 Å². The van der Waals surface area contributed by atoms with Crippen molar-refractivity contribution in [1.29, 1.82) is 5.26 Å². The molecule has 2 aliphatic heterocycles. The van der Waals surface area contributed by atoms with E-state index in [1.807, 2.05) is 18.2 Å². The number of piperidine rings is 1. The van der Waals surface area contributed by atoms with Crippen LogP contribution >= 0.6 is 0 Å². The van der Waals surface area contributed by atoms with E-state index in [-0.39, 0.29) is 16.9 Å². The molecule has 4 rings (SSSR count). The number of amides is 1. The number of hydrogen-bond donors (Lipinski definition) is 1. The lowest BCUT2D eigenvalue weighted by Crippen LogP contribution is -2.51. The maximum atomic E-state index is 11.6. The molecule has 0 radical (unpaired) electrons. The topological polar surface area (TPSA) is 67.6 Å².